The van der Waals surface area contributed by atoms with E-state index in [1.165, 1.54) is 0 Å². The van der Waals surface area contributed by atoms with E-state index in [4.69, 9.17) is 0 Å². The Bertz CT molecular complexity index is 697. The minimum Gasteiger partial charge on any atom is -0.219 e. The third-order valence-corrected chi connectivity index (χ3v) is 6.44. The molecule has 0 unspecified atom stereocenters. The molecule has 0 bridgehead atoms. The van der Waals surface area contributed by atoms with Crippen LogP contribution in [0.5, 0.6) is 0 Å². The number of hydrogen-bond acceptors (Lipinski definition) is 2. The lowest BCUT2D eigenvalue weighted by Gasteiger charge is -2.09. The number of sulfone groups is 1. The average Bonchev–Trinajstić information content (AvgIpc) is 2.38. The maximum absolute atomic E-state index is 12.6. The van der Waals surface area contributed by atoms with E-state index in [0.717, 1.165) is 12.7 Å². The van der Waals surface area contributed by atoms with Gasteiger partial charge in [-0.15, -0.1) is 0 Å². The molecule has 19 heavy (non-hydrogen) atoms. The molecule has 2 rings (SSSR count). The van der Waals surface area contributed by atoms with Crippen molar-refractivity contribution in [2.45, 2.75) is 15.1 Å². The van der Waals surface area contributed by atoms with Gasteiger partial charge < -0.3 is 0 Å². The van der Waals surface area contributed by atoms with Gasteiger partial charge in [-0.1, -0.05) is 15.9 Å². The van der Waals surface area contributed by atoms with E-state index in [0.29, 0.717) is 15.1 Å². The Balaban J connectivity index is 2.59. The summed E-state index contributed by atoms with van der Waals surface area (Å²) in [5, 5.41) is 0.517. The quantitative estimate of drug-likeness (QED) is 0.404. The predicted octanol–water partition coefficient (Wildman–Crippen LogP) is 4.62. The first-order chi connectivity index (χ1) is 8.95. The number of benzene rings is 2. The molecule has 0 radical (unpaired) electrons. The van der Waals surface area contributed by atoms with Crippen LogP contribution < -0.4 is 0 Å². The molecular formula is C13H9BrI2O2S. The molecule has 0 saturated heterocycles. The van der Waals surface area contributed by atoms with Gasteiger partial charge >= 0.3 is 0 Å². The molecule has 0 spiro atoms. The Morgan fingerprint density at radius 2 is 1.53 bits per heavy atom. The normalized spacial score (nSPS) is 11.5. The van der Waals surface area contributed by atoms with Gasteiger partial charge in [0.2, 0.25) is 9.84 Å². The lowest BCUT2D eigenvalue weighted by molar-refractivity contribution is 0.595. The summed E-state index contributed by atoms with van der Waals surface area (Å²) in [4.78, 5) is 0.697. The van der Waals surface area contributed by atoms with Crippen LogP contribution in [0.15, 0.2) is 52.3 Å². The molecule has 0 aliphatic heterocycles. The SMILES string of the molecule is O=S(=O)(c1ccc(I)cc1)c1ccc(I)cc1CBr. The van der Waals surface area contributed by atoms with Crippen LogP contribution in [-0.2, 0) is 15.2 Å². The average molecular weight is 563 g/mol. The van der Waals surface area contributed by atoms with Gasteiger partial charge in [0.15, 0.2) is 0 Å². The van der Waals surface area contributed by atoms with E-state index in [-0.39, 0.29) is 0 Å². The summed E-state index contributed by atoms with van der Waals surface area (Å²) in [6.45, 7) is 0. The zero-order valence-electron chi connectivity index (χ0n) is 9.61. The van der Waals surface area contributed by atoms with Gasteiger partial charge in [-0.05, 0) is 93.2 Å². The fourth-order valence-electron chi connectivity index (χ4n) is 1.66. The predicted molar refractivity (Wildman–Crippen MR) is 96.4 cm³/mol. The fourth-order valence-corrected chi connectivity index (χ4v) is 4.69. The van der Waals surface area contributed by atoms with Crippen molar-refractivity contribution in [1.29, 1.82) is 0 Å². The van der Waals surface area contributed by atoms with E-state index in [9.17, 15) is 8.42 Å². The second-order valence-corrected chi connectivity index (χ2v) is 8.81. The molecule has 6 heteroatoms. The summed E-state index contributed by atoms with van der Waals surface area (Å²) < 4.78 is 27.3. The van der Waals surface area contributed by atoms with Crippen molar-refractivity contribution >= 4 is 70.9 Å². The Kier molecular flexibility index (Phi) is 5.29. The van der Waals surface area contributed by atoms with Gasteiger partial charge in [0.1, 0.15) is 0 Å². The summed E-state index contributed by atoms with van der Waals surface area (Å²) in [5.74, 6) is 0. The molecule has 0 amide bonds. The van der Waals surface area contributed by atoms with Crippen LogP contribution in [0.25, 0.3) is 0 Å². The molecule has 2 aromatic rings. The van der Waals surface area contributed by atoms with Crippen LogP contribution in [0.2, 0.25) is 0 Å². The van der Waals surface area contributed by atoms with Gasteiger partial charge in [0.05, 0.1) is 9.79 Å². The maximum Gasteiger partial charge on any atom is 0.206 e. The summed E-state index contributed by atoms with van der Waals surface area (Å²) in [6.07, 6.45) is 0. The highest BCUT2D eigenvalue weighted by atomic mass is 127. The molecule has 0 fully saturated rings. The maximum atomic E-state index is 12.6. The first-order valence-electron chi connectivity index (χ1n) is 5.30. The van der Waals surface area contributed by atoms with Crippen LogP contribution in [0, 0.1) is 7.14 Å². The monoisotopic (exact) mass is 562 g/mol. The molecule has 100 valence electrons. The third-order valence-electron chi connectivity index (χ3n) is 2.58. The van der Waals surface area contributed by atoms with Crippen molar-refractivity contribution < 1.29 is 8.42 Å². The molecule has 0 atom stereocenters. The standard InChI is InChI=1S/C13H9BrI2O2S/c14-8-9-7-11(16)3-6-13(9)19(17,18)12-4-1-10(15)2-5-12/h1-7H,8H2. The van der Waals surface area contributed by atoms with Crippen molar-refractivity contribution in [2.24, 2.45) is 0 Å². The second kappa shape index (κ2) is 6.40. The molecule has 0 aliphatic rings. The number of alkyl halides is 1. The smallest absolute Gasteiger partial charge is 0.206 e. The Morgan fingerprint density at radius 3 is 2.11 bits per heavy atom. The van der Waals surface area contributed by atoms with Crippen LogP contribution in [0.3, 0.4) is 0 Å². The van der Waals surface area contributed by atoms with Crippen LogP contribution in [0.1, 0.15) is 5.56 Å². The van der Waals surface area contributed by atoms with Crippen molar-refractivity contribution in [2.75, 3.05) is 0 Å². The van der Waals surface area contributed by atoms with E-state index >= 15 is 0 Å². The van der Waals surface area contributed by atoms with Crippen LogP contribution in [-0.4, -0.2) is 8.42 Å². The zero-order valence-corrected chi connectivity index (χ0v) is 16.3. The minimum atomic E-state index is -3.45. The van der Waals surface area contributed by atoms with Gasteiger partial charge in [-0.3, -0.25) is 0 Å². The topological polar surface area (TPSA) is 34.1 Å². The third kappa shape index (κ3) is 3.51. The van der Waals surface area contributed by atoms with Crippen molar-refractivity contribution in [3.05, 3.63) is 55.2 Å². The molecule has 2 nitrogen and oxygen atoms in total. The van der Waals surface area contributed by atoms with Crippen LogP contribution in [0.4, 0.5) is 0 Å². The number of hydrogen-bond donors (Lipinski definition) is 0. The highest BCUT2D eigenvalue weighted by Crippen LogP contribution is 2.27. The first-order valence-corrected chi connectivity index (χ1v) is 10.1. The Labute approximate surface area is 148 Å². The van der Waals surface area contributed by atoms with Gasteiger partial charge in [-0.25, -0.2) is 8.42 Å². The first kappa shape index (κ1) is 15.7. The Hall–Kier alpha value is 0.330. The molecule has 0 saturated carbocycles. The highest BCUT2D eigenvalue weighted by molar-refractivity contribution is 14.1. The van der Waals surface area contributed by atoms with Gasteiger partial charge in [0, 0.05) is 12.5 Å². The second-order valence-electron chi connectivity index (χ2n) is 3.84. The van der Waals surface area contributed by atoms with E-state index < -0.39 is 9.84 Å². The summed E-state index contributed by atoms with van der Waals surface area (Å²) >= 11 is 7.68. The van der Waals surface area contributed by atoms with E-state index in [2.05, 4.69) is 61.1 Å². The summed E-state index contributed by atoms with van der Waals surface area (Å²) in [5.41, 5.74) is 0.783. The van der Waals surface area contributed by atoms with Crippen molar-refractivity contribution in [1.82, 2.24) is 0 Å². The Morgan fingerprint density at radius 1 is 0.947 bits per heavy atom. The molecule has 2 aromatic carbocycles. The van der Waals surface area contributed by atoms with E-state index in [1.54, 1.807) is 30.3 Å². The fraction of sp³-hybridized carbons (Fsp3) is 0.0769. The molecule has 0 aliphatic carbocycles. The molecule has 0 heterocycles. The molecule has 0 N–H and O–H groups in total. The lowest BCUT2D eigenvalue weighted by atomic mass is 10.2. The number of halogens is 3. The molecular weight excluding hydrogens is 554 g/mol. The molecule has 0 aromatic heterocycles. The van der Waals surface area contributed by atoms with Crippen molar-refractivity contribution in [3.8, 4) is 0 Å². The summed E-state index contributed by atoms with van der Waals surface area (Å²) in [7, 11) is -3.45. The largest absolute Gasteiger partial charge is 0.219 e. The minimum absolute atomic E-state index is 0.330. The highest BCUT2D eigenvalue weighted by Gasteiger charge is 2.20. The van der Waals surface area contributed by atoms with Gasteiger partial charge in [-0.2, -0.15) is 0 Å². The van der Waals surface area contributed by atoms with Crippen molar-refractivity contribution in [3.63, 3.8) is 0 Å². The number of rotatable bonds is 3. The lowest BCUT2D eigenvalue weighted by Crippen LogP contribution is -2.05. The summed E-state index contributed by atoms with van der Waals surface area (Å²) in [6, 6.07) is 12.3. The zero-order chi connectivity index (χ0) is 14.0. The van der Waals surface area contributed by atoms with Crippen LogP contribution >= 0.6 is 61.1 Å². The van der Waals surface area contributed by atoms with E-state index in [1.807, 2.05) is 12.1 Å². The van der Waals surface area contributed by atoms with Gasteiger partial charge in [0.25, 0.3) is 0 Å².